The molecule has 3 rings (SSSR count). The highest BCUT2D eigenvalue weighted by Crippen LogP contribution is 2.60. The third-order valence-electron chi connectivity index (χ3n) is 9.07. The maximum absolute atomic E-state index is 4.32. The Kier molecular flexibility index (Phi) is 7.32. The van der Waals surface area contributed by atoms with Gasteiger partial charge in [-0.1, -0.05) is 77.3 Å². The first kappa shape index (κ1) is 21.9. The second-order valence-corrected chi connectivity index (χ2v) is 11.1. The summed E-state index contributed by atoms with van der Waals surface area (Å²) in [5.74, 6) is 4.34. The van der Waals surface area contributed by atoms with E-state index < -0.39 is 0 Å². The molecular formula is C28H46. The minimum absolute atomic E-state index is 0.548. The van der Waals surface area contributed by atoms with E-state index in [4.69, 9.17) is 0 Å². The highest BCUT2D eigenvalue weighted by molar-refractivity contribution is 5.35. The van der Waals surface area contributed by atoms with Gasteiger partial charge in [-0.05, 0) is 98.4 Å². The Labute approximate surface area is 176 Å². The molecule has 3 saturated carbocycles. The second kappa shape index (κ2) is 9.36. The molecular weight excluding hydrogens is 336 g/mol. The SMILES string of the molecule is C=C1CCCC/C1=C/C=C1\CCC[C@@]2(C)C1CCC2[C@H](C)CC[C@H](C)C(C)C. The minimum atomic E-state index is 0.548. The van der Waals surface area contributed by atoms with Crippen LogP contribution >= 0.6 is 0 Å². The lowest BCUT2D eigenvalue weighted by atomic mass is 9.60. The van der Waals surface area contributed by atoms with Gasteiger partial charge in [0.25, 0.3) is 0 Å². The third-order valence-corrected chi connectivity index (χ3v) is 9.07. The Morgan fingerprint density at radius 2 is 1.71 bits per heavy atom. The lowest BCUT2D eigenvalue weighted by molar-refractivity contribution is 0.0907. The van der Waals surface area contributed by atoms with Crippen LogP contribution < -0.4 is 0 Å². The van der Waals surface area contributed by atoms with Crippen LogP contribution in [0.2, 0.25) is 0 Å². The van der Waals surface area contributed by atoms with Gasteiger partial charge in [-0.25, -0.2) is 0 Å². The van der Waals surface area contributed by atoms with E-state index in [0.29, 0.717) is 5.41 Å². The summed E-state index contributed by atoms with van der Waals surface area (Å²) in [5.41, 5.74) is 5.26. The number of fused-ring (bicyclic) bond motifs is 1. The van der Waals surface area contributed by atoms with Gasteiger partial charge in [0.05, 0.1) is 0 Å². The molecule has 3 aliphatic rings. The molecule has 0 spiro atoms. The summed E-state index contributed by atoms with van der Waals surface area (Å²) >= 11 is 0. The molecule has 2 unspecified atom stereocenters. The van der Waals surface area contributed by atoms with E-state index in [-0.39, 0.29) is 0 Å². The largest absolute Gasteiger partial charge is 0.0956 e. The van der Waals surface area contributed by atoms with E-state index in [1.54, 1.807) is 5.57 Å². The molecule has 0 aromatic heterocycles. The van der Waals surface area contributed by atoms with Gasteiger partial charge in [-0.15, -0.1) is 0 Å². The van der Waals surface area contributed by atoms with Crippen LogP contribution in [0.15, 0.2) is 35.5 Å². The van der Waals surface area contributed by atoms with Crippen LogP contribution in [0.4, 0.5) is 0 Å². The van der Waals surface area contributed by atoms with Gasteiger partial charge in [0, 0.05) is 0 Å². The lowest BCUT2D eigenvalue weighted by Gasteiger charge is -2.44. The van der Waals surface area contributed by atoms with Crippen LogP contribution in [0.25, 0.3) is 0 Å². The van der Waals surface area contributed by atoms with Crippen LogP contribution in [0.3, 0.4) is 0 Å². The first-order chi connectivity index (χ1) is 13.3. The lowest BCUT2D eigenvalue weighted by Crippen LogP contribution is -2.36. The fraction of sp³-hybridized carbons (Fsp3) is 0.786. The Balaban J connectivity index is 1.69. The van der Waals surface area contributed by atoms with Gasteiger partial charge in [-0.2, -0.15) is 0 Å². The van der Waals surface area contributed by atoms with Gasteiger partial charge < -0.3 is 0 Å². The van der Waals surface area contributed by atoms with Crippen molar-refractivity contribution >= 4 is 0 Å². The van der Waals surface area contributed by atoms with Gasteiger partial charge in [0.2, 0.25) is 0 Å². The molecule has 0 heterocycles. The molecule has 0 saturated heterocycles. The topological polar surface area (TPSA) is 0 Å². The summed E-state index contributed by atoms with van der Waals surface area (Å²) in [7, 11) is 0. The summed E-state index contributed by atoms with van der Waals surface area (Å²) in [5, 5.41) is 0. The number of rotatable bonds is 6. The standard InChI is InChI=1S/C28H46/c1-20(2)21(3)13-14-23(5)26-17-18-27-25(12-9-19-28(26,27)6)16-15-24-11-8-7-10-22(24)4/h15-16,20-21,23,26-27H,4,7-14,17-19H2,1-3,5-6H3/b24-15-,25-16+/t21-,23+,26?,27?,28+/m0/s1. The van der Waals surface area contributed by atoms with Crippen LogP contribution in [0.1, 0.15) is 105 Å². The first-order valence-corrected chi connectivity index (χ1v) is 12.4. The number of allylic oxidation sites excluding steroid dienone is 5. The zero-order valence-corrected chi connectivity index (χ0v) is 19.5. The van der Waals surface area contributed by atoms with Crippen LogP contribution in [0.5, 0.6) is 0 Å². The maximum Gasteiger partial charge on any atom is -0.0143 e. The average molecular weight is 383 g/mol. The molecule has 3 aliphatic carbocycles. The van der Waals surface area contributed by atoms with Crippen molar-refractivity contribution < 1.29 is 0 Å². The highest BCUT2D eigenvalue weighted by Gasteiger charge is 2.50. The molecule has 158 valence electrons. The monoisotopic (exact) mass is 382 g/mol. The van der Waals surface area contributed by atoms with E-state index in [2.05, 4.69) is 53.3 Å². The molecule has 0 amide bonds. The maximum atomic E-state index is 4.32. The Morgan fingerprint density at radius 1 is 0.964 bits per heavy atom. The Hall–Kier alpha value is -0.780. The predicted molar refractivity (Wildman–Crippen MR) is 124 cm³/mol. The highest BCUT2D eigenvalue weighted by atomic mass is 14.5. The molecule has 0 aromatic carbocycles. The van der Waals surface area contributed by atoms with E-state index in [9.17, 15) is 0 Å². The molecule has 0 radical (unpaired) electrons. The van der Waals surface area contributed by atoms with Crippen LogP contribution in [-0.2, 0) is 0 Å². The number of hydrogen-bond acceptors (Lipinski definition) is 0. The van der Waals surface area contributed by atoms with Crippen LogP contribution in [0, 0.1) is 35.0 Å². The zero-order chi connectivity index (χ0) is 20.3. The molecule has 28 heavy (non-hydrogen) atoms. The minimum Gasteiger partial charge on any atom is -0.0956 e. The van der Waals surface area contributed by atoms with Gasteiger partial charge >= 0.3 is 0 Å². The summed E-state index contributed by atoms with van der Waals surface area (Å²) in [6.07, 6.45) is 20.1. The summed E-state index contributed by atoms with van der Waals surface area (Å²) in [6, 6.07) is 0. The Bertz CT molecular complexity index is 604. The van der Waals surface area contributed by atoms with Crippen molar-refractivity contribution in [3.8, 4) is 0 Å². The normalized spacial score (nSPS) is 36.1. The van der Waals surface area contributed by atoms with E-state index >= 15 is 0 Å². The van der Waals surface area contributed by atoms with Crippen LogP contribution in [-0.4, -0.2) is 0 Å². The second-order valence-electron chi connectivity index (χ2n) is 11.1. The van der Waals surface area contributed by atoms with Crippen molar-refractivity contribution in [1.82, 2.24) is 0 Å². The molecule has 0 bridgehead atoms. The molecule has 0 nitrogen and oxygen atoms in total. The third kappa shape index (κ3) is 4.68. The van der Waals surface area contributed by atoms with Gasteiger partial charge in [0.15, 0.2) is 0 Å². The van der Waals surface area contributed by atoms with E-state index in [1.165, 1.54) is 81.8 Å². The first-order valence-electron chi connectivity index (χ1n) is 12.4. The molecule has 0 aliphatic heterocycles. The molecule has 0 aromatic rings. The molecule has 5 atom stereocenters. The predicted octanol–water partition coefficient (Wildman–Crippen LogP) is 8.89. The zero-order valence-electron chi connectivity index (χ0n) is 19.5. The van der Waals surface area contributed by atoms with Crippen molar-refractivity contribution in [3.05, 3.63) is 35.5 Å². The van der Waals surface area contributed by atoms with E-state index in [1.807, 2.05) is 0 Å². The summed E-state index contributed by atoms with van der Waals surface area (Å²) in [4.78, 5) is 0. The van der Waals surface area contributed by atoms with Crippen molar-refractivity contribution in [2.24, 2.45) is 35.0 Å². The van der Waals surface area contributed by atoms with E-state index in [0.717, 1.165) is 29.6 Å². The fourth-order valence-corrected chi connectivity index (χ4v) is 6.67. The van der Waals surface area contributed by atoms with Gasteiger partial charge in [0.1, 0.15) is 0 Å². The van der Waals surface area contributed by atoms with Crippen molar-refractivity contribution in [3.63, 3.8) is 0 Å². The molecule has 3 fully saturated rings. The smallest absolute Gasteiger partial charge is 0.0143 e. The summed E-state index contributed by atoms with van der Waals surface area (Å²) in [6.45, 7) is 16.8. The fourth-order valence-electron chi connectivity index (χ4n) is 6.67. The number of hydrogen-bond donors (Lipinski definition) is 0. The molecule has 0 heteroatoms. The summed E-state index contributed by atoms with van der Waals surface area (Å²) < 4.78 is 0. The molecule has 0 N–H and O–H groups in total. The van der Waals surface area contributed by atoms with Crippen molar-refractivity contribution in [2.45, 2.75) is 105 Å². The average Bonchev–Trinajstić information content (AvgIpc) is 3.02. The van der Waals surface area contributed by atoms with Gasteiger partial charge in [-0.3, -0.25) is 0 Å². The Morgan fingerprint density at radius 3 is 2.43 bits per heavy atom. The van der Waals surface area contributed by atoms with Crippen molar-refractivity contribution in [2.75, 3.05) is 0 Å². The quantitative estimate of drug-likeness (QED) is 0.430. The van der Waals surface area contributed by atoms with Crippen molar-refractivity contribution in [1.29, 1.82) is 0 Å².